The first-order valence-electron chi connectivity index (χ1n) is 5.73. The van der Waals surface area contributed by atoms with Crippen LogP contribution in [0.2, 0.25) is 0 Å². The molecule has 2 aromatic rings. The van der Waals surface area contributed by atoms with Gasteiger partial charge in [-0.25, -0.2) is 0 Å². The zero-order chi connectivity index (χ0) is 13.5. The van der Waals surface area contributed by atoms with Crippen LogP contribution in [0.5, 0.6) is 0 Å². The number of benzene rings is 2. The minimum Gasteiger partial charge on any atom is -0.316 e. The molecule has 0 aliphatic rings. The van der Waals surface area contributed by atoms with E-state index in [9.17, 15) is 0 Å². The third kappa shape index (κ3) is 3.87. The standard InChI is InChI=1S/C15H12N2OS/c1-12-7-9-14(10-8-12)19-18-17-15(11-16)13-5-3-2-4-6-13/h2-10H,1H3/b17-15+. The lowest BCUT2D eigenvalue weighted by atomic mass is 10.1. The van der Waals surface area contributed by atoms with Crippen LogP contribution in [0.3, 0.4) is 0 Å². The Bertz CT molecular complexity index is 600. The number of rotatable bonds is 4. The van der Waals surface area contributed by atoms with Crippen LogP contribution in [0, 0.1) is 18.3 Å². The Balaban J connectivity index is 2.01. The summed E-state index contributed by atoms with van der Waals surface area (Å²) in [4.78, 5) is 0.944. The Hall–Kier alpha value is -2.25. The van der Waals surface area contributed by atoms with E-state index in [0.717, 1.165) is 22.5 Å². The molecule has 0 N–H and O–H groups in total. The van der Waals surface area contributed by atoms with Crippen molar-refractivity contribution >= 4 is 17.8 Å². The van der Waals surface area contributed by atoms with Gasteiger partial charge < -0.3 is 4.28 Å². The average molecular weight is 268 g/mol. The van der Waals surface area contributed by atoms with E-state index in [1.807, 2.05) is 67.6 Å². The quantitative estimate of drug-likeness (QED) is 0.479. The van der Waals surface area contributed by atoms with Crippen molar-refractivity contribution in [1.82, 2.24) is 0 Å². The van der Waals surface area contributed by atoms with Crippen molar-refractivity contribution in [2.45, 2.75) is 11.8 Å². The first kappa shape index (κ1) is 13.2. The molecule has 0 radical (unpaired) electrons. The van der Waals surface area contributed by atoms with E-state index in [0.29, 0.717) is 0 Å². The molecule has 2 rings (SSSR count). The molecule has 0 aliphatic heterocycles. The van der Waals surface area contributed by atoms with Crippen LogP contribution >= 0.6 is 12.0 Å². The van der Waals surface area contributed by atoms with Crippen LogP contribution < -0.4 is 0 Å². The maximum Gasteiger partial charge on any atom is 0.188 e. The molecule has 19 heavy (non-hydrogen) atoms. The average Bonchev–Trinajstić information content (AvgIpc) is 2.46. The van der Waals surface area contributed by atoms with Gasteiger partial charge in [0.25, 0.3) is 0 Å². The Kier molecular flexibility index (Phi) is 4.60. The normalized spacial score (nSPS) is 10.8. The predicted molar refractivity (Wildman–Crippen MR) is 76.7 cm³/mol. The van der Waals surface area contributed by atoms with E-state index in [1.165, 1.54) is 5.56 Å². The van der Waals surface area contributed by atoms with Crippen molar-refractivity contribution in [3.63, 3.8) is 0 Å². The minimum absolute atomic E-state index is 0.264. The number of nitrogens with zero attached hydrogens (tertiary/aromatic N) is 2. The van der Waals surface area contributed by atoms with Crippen molar-refractivity contribution in [2.24, 2.45) is 5.16 Å². The van der Waals surface area contributed by atoms with Crippen molar-refractivity contribution in [3.05, 3.63) is 65.7 Å². The Morgan fingerprint density at radius 1 is 1.11 bits per heavy atom. The van der Waals surface area contributed by atoms with Gasteiger partial charge in [0.2, 0.25) is 0 Å². The molecule has 0 aromatic heterocycles. The minimum atomic E-state index is 0.264. The lowest BCUT2D eigenvalue weighted by Crippen LogP contribution is -1.96. The fourth-order valence-corrected chi connectivity index (χ4v) is 1.87. The molecular weight excluding hydrogens is 256 g/mol. The van der Waals surface area contributed by atoms with Gasteiger partial charge in [-0.3, -0.25) is 0 Å². The van der Waals surface area contributed by atoms with Gasteiger partial charge in [-0.15, -0.1) is 0 Å². The summed E-state index contributed by atoms with van der Waals surface area (Å²) in [6.07, 6.45) is 0. The molecule has 0 saturated carbocycles. The Morgan fingerprint density at radius 2 is 1.79 bits per heavy atom. The maximum absolute atomic E-state index is 9.04. The maximum atomic E-state index is 9.04. The summed E-state index contributed by atoms with van der Waals surface area (Å²) in [5.74, 6) is 0. The molecule has 3 nitrogen and oxygen atoms in total. The van der Waals surface area contributed by atoms with Crippen molar-refractivity contribution in [1.29, 1.82) is 5.26 Å². The molecule has 0 heterocycles. The number of hydrogen-bond donors (Lipinski definition) is 0. The third-order valence-electron chi connectivity index (χ3n) is 2.44. The van der Waals surface area contributed by atoms with Crippen LogP contribution in [0.25, 0.3) is 0 Å². The van der Waals surface area contributed by atoms with Crippen LogP contribution in [0.1, 0.15) is 11.1 Å². The second-order valence-corrected chi connectivity index (χ2v) is 4.68. The summed E-state index contributed by atoms with van der Waals surface area (Å²) in [6, 6.07) is 19.2. The molecule has 0 saturated heterocycles. The molecule has 94 valence electrons. The van der Waals surface area contributed by atoms with E-state index < -0.39 is 0 Å². The fourth-order valence-electron chi connectivity index (χ4n) is 1.43. The van der Waals surface area contributed by atoms with Gasteiger partial charge in [-0.05, 0) is 19.1 Å². The van der Waals surface area contributed by atoms with Gasteiger partial charge in [0.15, 0.2) is 5.71 Å². The zero-order valence-electron chi connectivity index (χ0n) is 10.4. The van der Waals surface area contributed by atoms with Crippen molar-refractivity contribution in [3.8, 4) is 6.07 Å². The van der Waals surface area contributed by atoms with Crippen molar-refractivity contribution in [2.75, 3.05) is 0 Å². The monoisotopic (exact) mass is 268 g/mol. The zero-order valence-corrected chi connectivity index (χ0v) is 11.2. The number of aryl methyl sites for hydroxylation is 1. The highest BCUT2D eigenvalue weighted by Gasteiger charge is 2.02. The highest BCUT2D eigenvalue weighted by Crippen LogP contribution is 2.20. The molecule has 2 aromatic carbocycles. The van der Waals surface area contributed by atoms with E-state index in [2.05, 4.69) is 5.16 Å². The van der Waals surface area contributed by atoms with Crippen LogP contribution in [-0.4, -0.2) is 5.71 Å². The van der Waals surface area contributed by atoms with Gasteiger partial charge in [-0.2, -0.15) is 5.26 Å². The summed E-state index contributed by atoms with van der Waals surface area (Å²) in [7, 11) is 0. The number of hydrogen-bond acceptors (Lipinski definition) is 4. The highest BCUT2D eigenvalue weighted by atomic mass is 32.2. The summed E-state index contributed by atoms with van der Waals surface area (Å²) in [5, 5.41) is 12.9. The Labute approximate surface area is 116 Å². The topological polar surface area (TPSA) is 45.4 Å². The number of nitriles is 1. The van der Waals surface area contributed by atoms with E-state index >= 15 is 0 Å². The van der Waals surface area contributed by atoms with Crippen molar-refractivity contribution < 1.29 is 4.28 Å². The molecular formula is C15H12N2OS. The van der Waals surface area contributed by atoms with Gasteiger partial charge in [0.1, 0.15) is 18.1 Å². The van der Waals surface area contributed by atoms with E-state index in [4.69, 9.17) is 9.55 Å². The lowest BCUT2D eigenvalue weighted by molar-refractivity contribution is 0.406. The van der Waals surface area contributed by atoms with Crippen LogP contribution in [0.15, 0.2) is 64.6 Å². The summed E-state index contributed by atoms with van der Waals surface area (Å²) in [6.45, 7) is 2.02. The molecule has 0 amide bonds. The van der Waals surface area contributed by atoms with Crippen LogP contribution in [0.4, 0.5) is 0 Å². The second-order valence-electron chi connectivity index (χ2n) is 3.89. The molecule has 0 spiro atoms. The lowest BCUT2D eigenvalue weighted by Gasteiger charge is -2.00. The van der Waals surface area contributed by atoms with E-state index in [-0.39, 0.29) is 5.71 Å². The SMILES string of the molecule is Cc1ccc(SO/N=C(\C#N)c2ccccc2)cc1. The highest BCUT2D eigenvalue weighted by molar-refractivity contribution is 7.94. The molecule has 0 atom stereocenters. The van der Waals surface area contributed by atoms with Gasteiger partial charge >= 0.3 is 0 Å². The fraction of sp³-hybridized carbons (Fsp3) is 0.0667. The predicted octanol–water partition coefficient (Wildman–Crippen LogP) is 3.95. The number of oxime groups is 1. The second kappa shape index (κ2) is 6.62. The molecule has 0 unspecified atom stereocenters. The smallest absolute Gasteiger partial charge is 0.188 e. The summed E-state index contributed by atoms with van der Waals surface area (Å²) >= 11 is 1.13. The molecule has 0 fully saturated rings. The van der Waals surface area contributed by atoms with Gasteiger partial charge in [-0.1, -0.05) is 53.2 Å². The van der Waals surface area contributed by atoms with Crippen LogP contribution in [-0.2, 0) is 4.28 Å². The molecule has 0 bridgehead atoms. The van der Waals surface area contributed by atoms with Gasteiger partial charge in [0.05, 0.1) is 4.90 Å². The Morgan fingerprint density at radius 3 is 2.42 bits per heavy atom. The third-order valence-corrected chi connectivity index (χ3v) is 3.05. The van der Waals surface area contributed by atoms with Gasteiger partial charge in [0, 0.05) is 5.56 Å². The largest absolute Gasteiger partial charge is 0.316 e. The summed E-state index contributed by atoms with van der Waals surface area (Å²) < 4.78 is 5.15. The first-order valence-corrected chi connectivity index (χ1v) is 6.47. The van der Waals surface area contributed by atoms with E-state index in [1.54, 1.807) is 0 Å². The summed E-state index contributed by atoms with van der Waals surface area (Å²) in [5.41, 5.74) is 2.20. The first-order chi connectivity index (χ1) is 9.29. The molecule has 4 heteroatoms. The molecule has 0 aliphatic carbocycles.